The Balaban J connectivity index is 3.41. The normalized spacial score (nSPS) is 14.3. The molecular weight excluding hydrogens is 128 g/mol. The average Bonchev–Trinajstić information content (AvgIpc) is 1.82. The van der Waals surface area contributed by atoms with Crippen LogP contribution in [-0.2, 0) is 4.74 Å². The molecule has 0 aromatic rings. The highest BCUT2D eigenvalue weighted by Gasteiger charge is 2.17. The number of hydrogen-bond donors (Lipinski definition) is 1. The zero-order chi connectivity index (χ0) is 7.28. The predicted molar refractivity (Wildman–Crippen MR) is 30.7 cm³/mol. The Morgan fingerprint density at radius 2 is 2.11 bits per heavy atom. The fourth-order valence-electron chi connectivity index (χ4n) is 0.476. The zero-order valence-electron chi connectivity index (χ0n) is 5.53. The minimum absolute atomic E-state index is 0.189. The Morgan fingerprint density at radius 3 is 2.22 bits per heavy atom. The molecular formula is C5H11F2NO. The van der Waals surface area contributed by atoms with Gasteiger partial charge < -0.3 is 10.1 Å². The van der Waals surface area contributed by atoms with Crippen molar-refractivity contribution in [2.75, 3.05) is 20.7 Å². The van der Waals surface area contributed by atoms with Gasteiger partial charge in [0.1, 0.15) is 6.10 Å². The van der Waals surface area contributed by atoms with Crippen LogP contribution in [0.3, 0.4) is 0 Å². The lowest BCUT2D eigenvalue weighted by Crippen LogP contribution is -2.31. The standard InChI is InChI=1S/C5H11F2NO/c1-8-3-4(9-2)5(6)7/h4-5,8H,3H2,1-2H3. The lowest BCUT2D eigenvalue weighted by Gasteiger charge is -2.12. The summed E-state index contributed by atoms with van der Waals surface area (Å²) in [5, 5.41) is 2.60. The third kappa shape index (κ3) is 3.37. The van der Waals surface area contributed by atoms with E-state index in [1.165, 1.54) is 7.11 Å². The summed E-state index contributed by atoms with van der Waals surface area (Å²) in [6.45, 7) is 0.189. The number of hydrogen-bond acceptors (Lipinski definition) is 2. The number of likely N-dealkylation sites (N-methyl/N-ethyl adjacent to an activating group) is 1. The van der Waals surface area contributed by atoms with Crippen molar-refractivity contribution in [2.24, 2.45) is 0 Å². The van der Waals surface area contributed by atoms with Crippen LogP contribution in [-0.4, -0.2) is 33.2 Å². The topological polar surface area (TPSA) is 21.3 Å². The Morgan fingerprint density at radius 1 is 1.56 bits per heavy atom. The first-order valence-electron chi connectivity index (χ1n) is 2.68. The summed E-state index contributed by atoms with van der Waals surface area (Å²) >= 11 is 0. The average molecular weight is 139 g/mol. The summed E-state index contributed by atoms with van der Waals surface area (Å²) in [7, 11) is 2.88. The molecule has 9 heavy (non-hydrogen) atoms. The van der Waals surface area contributed by atoms with Gasteiger partial charge in [-0.05, 0) is 7.05 Å². The van der Waals surface area contributed by atoms with E-state index >= 15 is 0 Å². The molecule has 56 valence electrons. The van der Waals surface area contributed by atoms with E-state index in [-0.39, 0.29) is 6.54 Å². The summed E-state index contributed by atoms with van der Waals surface area (Å²) in [4.78, 5) is 0. The van der Waals surface area contributed by atoms with Crippen molar-refractivity contribution in [3.05, 3.63) is 0 Å². The van der Waals surface area contributed by atoms with Crippen LogP contribution in [0.4, 0.5) is 8.78 Å². The molecule has 0 aromatic heterocycles. The highest BCUT2D eigenvalue weighted by molar-refractivity contribution is 4.60. The third-order valence-corrected chi connectivity index (χ3v) is 0.989. The van der Waals surface area contributed by atoms with Crippen molar-refractivity contribution in [2.45, 2.75) is 12.5 Å². The van der Waals surface area contributed by atoms with Crippen molar-refractivity contribution in [1.82, 2.24) is 5.32 Å². The van der Waals surface area contributed by atoms with Crippen molar-refractivity contribution in [3.63, 3.8) is 0 Å². The molecule has 0 aliphatic heterocycles. The molecule has 2 nitrogen and oxygen atoms in total. The Labute approximate surface area is 53.2 Å². The van der Waals surface area contributed by atoms with Gasteiger partial charge in [0.05, 0.1) is 0 Å². The van der Waals surface area contributed by atoms with Crippen LogP contribution in [0.15, 0.2) is 0 Å². The lowest BCUT2D eigenvalue weighted by atomic mass is 10.4. The molecule has 0 radical (unpaired) electrons. The van der Waals surface area contributed by atoms with Crippen LogP contribution in [0.5, 0.6) is 0 Å². The van der Waals surface area contributed by atoms with Crippen molar-refractivity contribution >= 4 is 0 Å². The van der Waals surface area contributed by atoms with E-state index in [1.807, 2.05) is 0 Å². The number of ether oxygens (including phenoxy) is 1. The van der Waals surface area contributed by atoms with E-state index in [0.29, 0.717) is 0 Å². The molecule has 0 amide bonds. The van der Waals surface area contributed by atoms with Crippen LogP contribution in [0.25, 0.3) is 0 Å². The largest absolute Gasteiger partial charge is 0.374 e. The van der Waals surface area contributed by atoms with E-state index in [4.69, 9.17) is 0 Å². The molecule has 0 bridgehead atoms. The number of halogens is 2. The highest BCUT2D eigenvalue weighted by Crippen LogP contribution is 2.02. The van der Waals surface area contributed by atoms with Crippen LogP contribution in [0, 0.1) is 0 Å². The number of alkyl halides is 2. The fraction of sp³-hybridized carbons (Fsp3) is 1.00. The maximum atomic E-state index is 11.7. The van der Waals surface area contributed by atoms with Gasteiger partial charge in [-0.3, -0.25) is 0 Å². The third-order valence-electron chi connectivity index (χ3n) is 0.989. The second kappa shape index (κ2) is 4.64. The Kier molecular flexibility index (Phi) is 4.53. The van der Waals surface area contributed by atoms with Gasteiger partial charge in [0.2, 0.25) is 0 Å². The first kappa shape index (κ1) is 8.78. The molecule has 0 aliphatic carbocycles. The summed E-state index contributed by atoms with van der Waals surface area (Å²) in [6, 6.07) is 0. The summed E-state index contributed by atoms with van der Waals surface area (Å²) in [6.07, 6.45) is -3.38. The Hall–Kier alpha value is -0.220. The van der Waals surface area contributed by atoms with Gasteiger partial charge in [-0.15, -0.1) is 0 Å². The quantitative estimate of drug-likeness (QED) is 0.612. The van der Waals surface area contributed by atoms with E-state index in [0.717, 1.165) is 0 Å². The van der Waals surface area contributed by atoms with Gasteiger partial charge in [-0.25, -0.2) is 8.78 Å². The first-order valence-corrected chi connectivity index (χ1v) is 2.68. The van der Waals surface area contributed by atoms with Gasteiger partial charge in [-0.2, -0.15) is 0 Å². The smallest absolute Gasteiger partial charge is 0.265 e. The molecule has 0 saturated heterocycles. The number of methoxy groups -OCH3 is 1. The lowest BCUT2D eigenvalue weighted by molar-refractivity contribution is -0.0300. The minimum atomic E-state index is -2.40. The van der Waals surface area contributed by atoms with E-state index in [1.54, 1.807) is 7.05 Å². The molecule has 1 unspecified atom stereocenters. The van der Waals surface area contributed by atoms with Crippen LogP contribution >= 0.6 is 0 Å². The number of nitrogens with one attached hydrogen (secondary N) is 1. The number of rotatable bonds is 4. The highest BCUT2D eigenvalue weighted by atomic mass is 19.3. The molecule has 0 aromatic carbocycles. The van der Waals surface area contributed by atoms with Gasteiger partial charge in [0.25, 0.3) is 6.43 Å². The summed E-state index contributed by atoms with van der Waals surface area (Å²) in [5.74, 6) is 0. The van der Waals surface area contributed by atoms with E-state index in [2.05, 4.69) is 10.1 Å². The van der Waals surface area contributed by atoms with Gasteiger partial charge in [0.15, 0.2) is 0 Å². The van der Waals surface area contributed by atoms with Crippen LogP contribution in [0.2, 0.25) is 0 Å². The fourth-order valence-corrected chi connectivity index (χ4v) is 0.476. The first-order chi connectivity index (χ1) is 4.22. The molecule has 1 N–H and O–H groups in total. The molecule has 0 saturated carbocycles. The maximum Gasteiger partial charge on any atom is 0.265 e. The Bertz CT molecular complexity index is 70.0. The monoisotopic (exact) mass is 139 g/mol. The zero-order valence-corrected chi connectivity index (χ0v) is 5.53. The second-order valence-electron chi connectivity index (χ2n) is 1.67. The van der Waals surface area contributed by atoms with E-state index < -0.39 is 12.5 Å². The van der Waals surface area contributed by atoms with Crippen molar-refractivity contribution in [1.29, 1.82) is 0 Å². The van der Waals surface area contributed by atoms with Gasteiger partial charge in [-0.1, -0.05) is 0 Å². The molecule has 4 heteroatoms. The molecule has 0 heterocycles. The molecule has 0 spiro atoms. The second-order valence-corrected chi connectivity index (χ2v) is 1.67. The van der Waals surface area contributed by atoms with Crippen molar-refractivity contribution < 1.29 is 13.5 Å². The van der Waals surface area contributed by atoms with Gasteiger partial charge in [0, 0.05) is 13.7 Å². The SMILES string of the molecule is CNCC(OC)C(F)F. The van der Waals surface area contributed by atoms with Gasteiger partial charge >= 0.3 is 0 Å². The minimum Gasteiger partial charge on any atom is -0.374 e. The van der Waals surface area contributed by atoms with Crippen LogP contribution < -0.4 is 5.32 Å². The summed E-state index contributed by atoms with van der Waals surface area (Å²) < 4.78 is 27.9. The molecule has 0 aliphatic rings. The molecule has 0 fully saturated rings. The molecule has 1 atom stereocenters. The summed E-state index contributed by atoms with van der Waals surface area (Å²) in [5.41, 5.74) is 0. The van der Waals surface area contributed by atoms with E-state index in [9.17, 15) is 8.78 Å². The van der Waals surface area contributed by atoms with Crippen molar-refractivity contribution in [3.8, 4) is 0 Å². The predicted octanol–water partition coefficient (Wildman–Crippen LogP) is 0.486. The maximum absolute atomic E-state index is 11.7. The van der Waals surface area contributed by atoms with Crippen LogP contribution in [0.1, 0.15) is 0 Å². The molecule has 0 rings (SSSR count).